The molecule has 1 saturated heterocycles. The molecule has 0 saturated carbocycles. The second-order valence-electron chi connectivity index (χ2n) is 3.38. The number of para-hydroxylation sites is 1. The average molecular weight is 191 g/mol. The van der Waals surface area contributed by atoms with Gasteiger partial charge in [0.25, 0.3) is 0 Å². The Hall–Kier alpha value is -1.35. The van der Waals surface area contributed by atoms with Gasteiger partial charge in [-0.2, -0.15) is 0 Å². The molecule has 2 rings (SSSR count). The predicted molar refractivity (Wildman–Crippen MR) is 53.1 cm³/mol. The van der Waals surface area contributed by atoms with Crippen LogP contribution in [0.5, 0.6) is 5.75 Å². The summed E-state index contributed by atoms with van der Waals surface area (Å²) >= 11 is 0. The van der Waals surface area contributed by atoms with Crippen molar-refractivity contribution < 1.29 is 9.53 Å². The summed E-state index contributed by atoms with van der Waals surface area (Å²) in [7, 11) is 0. The molecule has 0 bridgehead atoms. The molecule has 1 heterocycles. The van der Waals surface area contributed by atoms with Crippen molar-refractivity contribution in [3.8, 4) is 5.75 Å². The highest BCUT2D eigenvalue weighted by molar-refractivity contribution is 5.72. The maximum Gasteiger partial charge on any atom is 0.312 e. The molecule has 0 aliphatic carbocycles. The number of rotatable bonds is 4. The Kier molecular flexibility index (Phi) is 2.79. The van der Waals surface area contributed by atoms with E-state index < -0.39 is 0 Å². The maximum absolute atomic E-state index is 11.3. The molecule has 1 aromatic rings. The lowest BCUT2D eigenvalue weighted by Gasteiger charge is -2.03. The van der Waals surface area contributed by atoms with Crippen molar-refractivity contribution in [3.05, 3.63) is 30.3 Å². The van der Waals surface area contributed by atoms with Gasteiger partial charge in [-0.15, -0.1) is 0 Å². The molecular formula is C11H13NO2. The molecule has 1 fully saturated rings. The van der Waals surface area contributed by atoms with Gasteiger partial charge in [-0.05, 0) is 12.1 Å². The first-order valence-electron chi connectivity index (χ1n) is 4.83. The minimum atomic E-state index is -0.150. The van der Waals surface area contributed by atoms with Gasteiger partial charge in [0.2, 0.25) is 0 Å². The van der Waals surface area contributed by atoms with Crippen LogP contribution in [0.2, 0.25) is 0 Å². The SMILES string of the molecule is O=C(CCN1CC1)Oc1ccccc1. The van der Waals surface area contributed by atoms with E-state index in [1.54, 1.807) is 12.1 Å². The van der Waals surface area contributed by atoms with E-state index >= 15 is 0 Å². The number of esters is 1. The summed E-state index contributed by atoms with van der Waals surface area (Å²) in [5.74, 6) is 0.478. The average Bonchev–Trinajstić information content (AvgIpc) is 3.00. The molecule has 1 aliphatic heterocycles. The molecule has 0 spiro atoms. The number of ether oxygens (including phenoxy) is 1. The van der Waals surface area contributed by atoms with Crippen molar-refractivity contribution in [2.75, 3.05) is 19.6 Å². The monoisotopic (exact) mass is 191 g/mol. The van der Waals surface area contributed by atoms with Crippen LogP contribution in [-0.2, 0) is 4.79 Å². The summed E-state index contributed by atoms with van der Waals surface area (Å²) in [4.78, 5) is 13.5. The van der Waals surface area contributed by atoms with E-state index in [0.717, 1.165) is 19.6 Å². The minimum absolute atomic E-state index is 0.150. The van der Waals surface area contributed by atoms with Gasteiger partial charge in [-0.25, -0.2) is 0 Å². The Labute approximate surface area is 83.3 Å². The molecule has 14 heavy (non-hydrogen) atoms. The summed E-state index contributed by atoms with van der Waals surface area (Å²) in [5.41, 5.74) is 0. The fourth-order valence-corrected chi connectivity index (χ4v) is 1.21. The van der Waals surface area contributed by atoms with Gasteiger partial charge in [0, 0.05) is 19.6 Å². The van der Waals surface area contributed by atoms with Crippen LogP contribution in [0.4, 0.5) is 0 Å². The van der Waals surface area contributed by atoms with Gasteiger partial charge in [-0.1, -0.05) is 18.2 Å². The second kappa shape index (κ2) is 4.24. The van der Waals surface area contributed by atoms with Gasteiger partial charge in [0.05, 0.1) is 6.42 Å². The van der Waals surface area contributed by atoms with Crippen molar-refractivity contribution in [2.24, 2.45) is 0 Å². The van der Waals surface area contributed by atoms with Gasteiger partial charge < -0.3 is 9.64 Å². The first-order valence-corrected chi connectivity index (χ1v) is 4.83. The Morgan fingerprint density at radius 2 is 2.00 bits per heavy atom. The zero-order valence-electron chi connectivity index (χ0n) is 7.98. The zero-order valence-corrected chi connectivity index (χ0v) is 7.98. The number of hydrogen-bond donors (Lipinski definition) is 0. The molecular weight excluding hydrogens is 178 g/mol. The first kappa shape index (κ1) is 9.21. The number of benzene rings is 1. The van der Waals surface area contributed by atoms with Crippen LogP contribution in [0.25, 0.3) is 0 Å². The Morgan fingerprint density at radius 1 is 1.29 bits per heavy atom. The predicted octanol–water partition coefficient (Wildman–Crippen LogP) is 1.30. The normalized spacial score (nSPS) is 15.1. The molecule has 1 aromatic carbocycles. The van der Waals surface area contributed by atoms with Crippen LogP contribution in [-0.4, -0.2) is 30.5 Å². The van der Waals surface area contributed by atoms with Gasteiger partial charge >= 0.3 is 5.97 Å². The lowest BCUT2D eigenvalue weighted by molar-refractivity contribution is -0.134. The lowest BCUT2D eigenvalue weighted by Crippen LogP contribution is -2.13. The van der Waals surface area contributed by atoms with Crippen molar-refractivity contribution >= 4 is 5.97 Å². The van der Waals surface area contributed by atoms with Crippen LogP contribution in [0.3, 0.4) is 0 Å². The summed E-state index contributed by atoms with van der Waals surface area (Å²) in [6.07, 6.45) is 0.481. The van der Waals surface area contributed by atoms with Crippen LogP contribution in [0.15, 0.2) is 30.3 Å². The molecule has 0 atom stereocenters. The lowest BCUT2D eigenvalue weighted by atomic mass is 10.3. The standard InChI is InChI=1S/C11H13NO2/c13-11(6-7-12-8-9-12)14-10-4-2-1-3-5-10/h1-5H,6-9H2. The first-order chi connectivity index (χ1) is 6.84. The fourth-order valence-electron chi connectivity index (χ4n) is 1.21. The van der Waals surface area contributed by atoms with E-state index in [2.05, 4.69) is 4.90 Å². The third-order valence-corrected chi connectivity index (χ3v) is 2.15. The molecule has 0 N–H and O–H groups in total. The number of carbonyl (C=O) groups is 1. The van der Waals surface area contributed by atoms with Crippen LogP contribution in [0.1, 0.15) is 6.42 Å². The zero-order chi connectivity index (χ0) is 9.80. The highest BCUT2D eigenvalue weighted by atomic mass is 16.5. The molecule has 3 heteroatoms. The van der Waals surface area contributed by atoms with E-state index in [0.29, 0.717) is 12.2 Å². The largest absolute Gasteiger partial charge is 0.426 e. The van der Waals surface area contributed by atoms with Crippen LogP contribution >= 0.6 is 0 Å². The van der Waals surface area contributed by atoms with Crippen molar-refractivity contribution in [1.29, 1.82) is 0 Å². The third-order valence-electron chi connectivity index (χ3n) is 2.15. The summed E-state index contributed by atoms with van der Waals surface area (Å²) in [6.45, 7) is 3.07. The van der Waals surface area contributed by atoms with E-state index in [4.69, 9.17) is 4.74 Å². The van der Waals surface area contributed by atoms with E-state index in [-0.39, 0.29) is 5.97 Å². The number of nitrogens with zero attached hydrogens (tertiary/aromatic N) is 1. The van der Waals surface area contributed by atoms with Gasteiger partial charge in [-0.3, -0.25) is 4.79 Å². The maximum atomic E-state index is 11.3. The highest BCUT2D eigenvalue weighted by Gasteiger charge is 2.18. The third kappa shape index (κ3) is 2.85. The van der Waals surface area contributed by atoms with E-state index in [9.17, 15) is 4.79 Å². The fraction of sp³-hybridized carbons (Fsp3) is 0.364. The molecule has 0 unspecified atom stereocenters. The summed E-state index contributed by atoms with van der Waals surface area (Å²) in [6, 6.07) is 9.18. The van der Waals surface area contributed by atoms with Crippen LogP contribution < -0.4 is 4.74 Å². The summed E-state index contributed by atoms with van der Waals surface area (Å²) < 4.78 is 5.13. The summed E-state index contributed by atoms with van der Waals surface area (Å²) in [5, 5.41) is 0. The Morgan fingerprint density at radius 3 is 2.64 bits per heavy atom. The molecule has 0 aromatic heterocycles. The molecule has 3 nitrogen and oxygen atoms in total. The van der Waals surface area contributed by atoms with Crippen LogP contribution in [0, 0.1) is 0 Å². The number of carbonyl (C=O) groups excluding carboxylic acids is 1. The van der Waals surface area contributed by atoms with Gasteiger partial charge in [0.15, 0.2) is 0 Å². The second-order valence-corrected chi connectivity index (χ2v) is 3.38. The Bertz CT molecular complexity index is 306. The molecule has 1 aliphatic rings. The van der Waals surface area contributed by atoms with E-state index in [1.165, 1.54) is 0 Å². The number of hydrogen-bond acceptors (Lipinski definition) is 3. The highest BCUT2D eigenvalue weighted by Crippen LogP contribution is 2.10. The van der Waals surface area contributed by atoms with Crippen molar-refractivity contribution in [2.45, 2.75) is 6.42 Å². The van der Waals surface area contributed by atoms with Gasteiger partial charge in [0.1, 0.15) is 5.75 Å². The van der Waals surface area contributed by atoms with Crippen molar-refractivity contribution in [3.63, 3.8) is 0 Å². The topological polar surface area (TPSA) is 29.3 Å². The Balaban J connectivity index is 1.76. The molecule has 0 amide bonds. The molecule has 0 radical (unpaired) electrons. The molecule has 74 valence electrons. The quantitative estimate of drug-likeness (QED) is 0.408. The minimum Gasteiger partial charge on any atom is -0.426 e. The van der Waals surface area contributed by atoms with Crippen molar-refractivity contribution in [1.82, 2.24) is 4.90 Å². The van der Waals surface area contributed by atoms with E-state index in [1.807, 2.05) is 18.2 Å². The smallest absolute Gasteiger partial charge is 0.312 e.